The van der Waals surface area contributed by atoms with Gasteiger partial charge in [0.25, 0.3) is 0 Å². The molecule has 0 spiro atoms. The van der Waals surface area contributed by atoms with Crippen molar-refractivity contribution in [3.63, 3.8) is 0 Å². The molecular formula is C24H24N4O3. The van der Waals surface area contributed by atoms with E-state index in [2.05, 4.69) is 10.2 Å². The molecule has 31 heavy (non-hydrogen) atoms. The Hall–Kier alpha value is -3.61. The maximum atomic E-state index is 12.5. The van der Waals surface area contributed by atoms with Gasteiger partial charge in [-0.2, -0.15) is 0 Å². The summed E-state index contributed by atoms with van der Waals surface area (Å²) < 4.78 is 10.9. The van der Waals surface area contributed by atoms with Gasteiger partial charge in [0.05, 0.1) is 31.1 Å². The van der Waals surface area contributed by atoms with E-state index < -0.39 is 0 Å². The summed E-state index contributed by atoms with van der Waals surface area (Å²) in [4.78, 5) is 24.3. The molecule has 1 fully saturated rings. The number of carbonyl (C=O) groups is 1. The van der Waals surface area contributed by atoms with Crippen molar-refractivity contribution in [2.45, 2.75) is 38.3 Å². The van der Waals surface area contributed by atoms with Crippen LogP contribution >= 0.6 is 0 Å². The average molecular weight is 416 g/mol. The molecule has 0 saturated heterocycles. The first-order valence-corrected chi connectivity index (χ1v) is 10.6. The van der Waals surface area contributed by atoms with Crippen molar-refractivity contribution < 1.29 is 13.6 Å². The molecule has 0 atom stereocenters. The molecule has 0 unspecified atom stereocenters. The van der Waals surface area contributed by atoms with E-state index in [-0.39, 0.29) is 5.91 Å². The van der Waals surface area contributed by atoms with Crippen LogP contribution in [0, 0.1) is 0 Å². The number of fused-ring (bicyclic) bond motifs is 1. The molecule has 0 bridgehead atoms. The highest BCUT2D eigenvalue weighted by Crippen LogP contribution is 2.40. The molecule has 1 aliphatic rings. The molecule has 158 valence electrons. The van der Waals surface area contributed by atoms with E-state index in [1.807, 2.05) is 48.5 Å². The van der Waals surface area contributed by atoms with Crippen LogP contribution in [-0.4, -0.2) is 22.4 Å². The molecule has 1 amide bonds. The molecule has 1 saturated carbocycles. The molecule has 0 radical (unpaired) electrons. The van der Waals surface area contributed by atoms with Gasteiger partial charge in [-0.05, 0) is 49.2 Å². The molecule has 3 heterocycles. The number of amides is 1. The van der Waals surface area contributed by atoms with Gasteiger partial charge in [-0.1, -0.05) is 12.1 Å². The second kappa shape index (κ2) is 8.63. The molecule has 7 nitrogen and oxygen atoms in total. The van der Waals surface area contributed by atoms with Gasteiger partial charge in [0.1, 0.15) is 23.2 Å². The van der Waals surface area contributed by atoms with E-state index in [9.17, 15) is 4.79 Å². The number of hydrogen-bond acceptors (Lipinski definition) is 6. The topological polar surface area (TPSA) is 84.4 Å². The first-order valence-electron chi connectivity index (χ1n) is 10.6. The molecule has 4 aromatic rings. The third-order valence-electron chi connectivity index (χ3n) is 5.42. The fourth-order valence-electron chi connectivity index (χ4n) is 3.62. The van der Waals surface area contributed by atoms with Crippen LogP contribution in [0.2, 0.25) is 0 Å². The van der Waals surface area contributed by atoms with Gasteiger partial charge in [-0.25, -0.2) is 9.97 Å². The van der Waals surface area contributed by atoms with E-state index in [1.165, 1.54) is 0 Å². The van der Waals surface area contributed by atoms with Crippen LogP contribution in [0.4, 0.5) is 5.82 Å². The fourth-order valence-corrected chi connectivity index (χ4v) is 3.62. The van der Waals surface area contributed by atoms with Crippen LogP contribution in [0.5, 0.6) is 0 Å². The van der Waals surface area contributed by atoms with E-state index in [0.29, 0.717) is 32.0 Å². The van der Waals surface area contributed by atoms with E-state index in [1.54, 1.807) is 12.5 Å². The monoisotopic (exact) mass is 416 g/mol. The second-order valence-electron chi connectivity index (χ2n) is 7.80. The molecule has 0 aliphatic heterocycles. The Labute approximate surface area is 180 Å². The SMILES string of the molecule is O=C(CCN(Cc1ccco1)c1nc(C2CC2)nc2ccccc12)NCc1ccco1. The van der Waals surface area contributed by atoms with E-state index in [4.69, 9.17) is 18.8 Å². The van der Waals surface area contributed by atoms with Gasteiger partial charge in [-0.3, -0.25) is 4.79 Å². The highest BCUT2D eigenvalue weighted by atomic mass is 16.3. The zero-order chi connectivity index (χ0) is 21.0. The normalized spacial score (nSPS) is 13.4. The lowest BCUT2D eigenvalue weighted by molar-refractivity contribution is -0.121. The summed E-state index contributed by atoms with van der Waals surface area (Å²) in [6.07, 6.45) is 5.86. The zero-order valence-electron chi connectivity index (χ0n) is 17.2. The average Bonchev–Trinajstić information content (AvgIpc) is 3.27. The number of nitrogens with zero attached hydrogens (tertiary/aromatic N) is 3. The summed E-state index contributed by atoms with van der Waals surface area (Å²) in [5.74, 6) is 3.69. The van der Waals surface area contributed by atoms with Crippen molar-refractivity contribution in [1.82, 2.24) is 15.3 Å². The quantitative estimate of drug-likeness (QED) is 0.435. The summed E-state index contributed by atoms with van der Waals surface area (Å²) in [6.45, 7) is 1.42. The highest BCUT2D eigenvalue weighted by molar-refractivity contribution is 5.89. The standard InChI is InChI=1S/C24H24N4O3/c29-22(25-15-18-5-3-13-30-18)11-12-28(16-19-6-4-14-31-19)24-20-7-1-2-8-21(20)26-23(27-24)17-9-10-17/h1-8,13-14,17H,9-12,15-16H2,(H,25,29). The molecule has 1 aromatic carbocycles. The minimum atomic E-state index is -0.0402. The van der Waals surface area contributed by atoms with Crippen molar-refractivity contribution >= 4 is 22.6 Å². The van der Waals surface area contributed by atoms with Gasteiger partial charge in [0, 0.05) is 24.3 Å². The number of anilines is 1. The summed E-state index contributed by atoms with van der Waals surface area (Å²) in [5.41, 5.74) is 0.932. The van der Waals surface area contributed by atoms with Crippen molar-refractivity contribution in [3.05, 3.63) is 78.4 Å². The number of hydrogen-bond donors (Lipinski definition) is 1. The molecular weight excluding hydrogens is 392 g/mol. The highest BCUT2D eigenvalue weighted by Gasteiger charge is 2.28. The number of benzene rings is 1. The number of nitrogens with one attached hydrogen (secondary N) is 1. The minimum absolute atomic E-state index is 0.0402. The Balaban J connectivity index is 1.39. The van der Waals surface area contributed by atoms with Crippen molar-refractivity contribution in [1.29, 1.82) is 0 Å². The lowest BCUT2D eigenvalue weighted by atomic mass is 10.2. The third kappa shape index (κ3) is 4.60. The van der Waals surface area contributed by atoms with Crippen LogP contribution in [0.3, 0.4) is 0 Å². The first kappa shape index (κ1) is 19.4. The smallest absolute Gasteiger partial charge is 0.222 e. The van der Waals surface area contributed by atoms with Gasteiger partial charge >= 0.3 is 0 Å². The Morgan fingerprint density at radius 3 is 2.52 bits per heavy atom. The Kier molecular flexibility index (Phi) is 5.39. The predicted octanol–water partition coefficient (Wildman–Crippen LogP) is 4.41. The maximum Gasteiger partial charge on any atom is 0.222 e. The van der Waals surface area contributed by atoms with Crippen molar-refractivity contribution in [3.8, 4) is 0 Å². The van der Waals surface area contributed by atoms with Gasteiger partial charge in [0.2, 0.25) is 5.91 Å². The fraction of sp³-hybridized carbons (Fsp3) is 0.292. The van der Waals surface area contributed by atoms with Crippen molar-refractivity contribution in [2.24, 2.45) is 0 Å². The van der Waals surface area contributed by atoms with Crippen LogP contribution < -0.4 is 10.2 Å². The summed E-state index contributed by atoms with van der Waals surface area (Å²) in [6, 6.07) is 15.5. The summed E-state index contributed by atoms with van der Waals surface area (Å²) in [7, 11) is 0. The van der Waals surface area contributed by atoms with Gasteiger partial charge in [0.15, 0.2) is 0 Å². The molecule has 1 aliphatic carbocycles. The summed E-state index contributed by atoms with van der Waals surface area (Å²) in [5, 5.41) is 3.89. The van der Waals surface area contributed by atoms with Crippen LogP contribution in [0.25, 0.3) is 10.9 Å². The van der Waals surface area contributed by atoms with Crippen LogP contribution in [-0.2, 0) is 17.9 Å². The molecule has 7 heteroatoms. The second-order valence-corrected chi connectivity index (χ2v) is 7.80. The van der Waals surface area contributed by atoms with Gasteiger partial charge in [-0.15, -0.1) is 0 Å². The Morgan fingerprint density at radius 2 is 1.77 bits per heavy atom. The Morgan fingerprint density at radius 1 is 1.00 bits per heavy atom. The van der Waals surface area contributed by atoms with Crippen LogP contribution in [0.15, 0.2) is 69.9 Å². The van der Waals surface area contributed by atoms with Crippen LogP contribution in [0.1, 0.15) is 42.5 Å². The minimum Gasteiger partial charge on any atom is -0.467 e. The largest absolute Gasteiger partial charge is 0.467 e. The lowest BCUT2D eigenvalue weighted by Crippen LogP contribution is -2.31. The van der Waals surface area contributed by atoms with Crippen molar-refractivity contribution in [2.75, 3.05) is 11.4 Å². The number of rotatable bonds is 9. The molecule has 5 rings (SSSR count). The maximum absolute atomic E-state index is 12.5. The number of carbonyl (C=O) groups excluding carboxylic acids is 1. The molecule has 3 aromatic heterocycles. The third-order valence-corrected chi connectivity index (χ3v) is 5.42. The lowest BCUT2D eigenvalue weighted by Gasteiger charge is -2.24. The number of furan rings is 2. The summed E-state index contributed by atoms with van der Waals surface area (Å²) >= 11 is 0. The first-order chi connectivity index (χ1) is 15.3. The van der Waals surface area contributed by atoms with E-state index in [0.717, 1.165) is 46.9 Å². The zero-order valence-corrected chi connectivity index (χ0v) is 17.2. The Bertz CT molecular complexity index is 1150. The number of aromatic nitrogens is 2. The predicted molar refractivity (Wildman–Crippen MR) is 116 cm³/mol. The van der Waals surface area contributed by atoms with Gasteiger partial charge < -0.3 is 19.1 Å². The number of para-hydroxylation sites is 1. The van der Waals surface area contributed by atoms with E-state index >= 15 is 0 Å². The molecule has 1 N–H and O–H groups in total.